The number of rotatable bonds is 2. The van der Waals surface area contributed by atoms with E-state index >= 15 is 0 Å². The molecule has 2 aromatic carbocycles. The summed E-state index contributed by atoms with van der Waals surface area (Å²) < 4.78 is 0. The van der Waals surface area contributed by atoms with Crippen LogP contribution in [-0.4, -0.2) is 16.9 Å². The SMILES string of the molecule is O=C(NC(=O)c1ccccc1O)c1ccc(Cl)cc1. The fraction of sp³-hybridized carbons (Fsp3) is 0. The van der Waals surface area contributed by atoms with Gasteiger partial charge in [0.1, 0.15) is 5.75 Å². The highest BCUT2D eigenvalue weighted by Gasteiger charge is 2.14. The largest absolute Gasteiger partial charge is 0.507 e. The van der Waals surface area contributed by atoms with Crippen molar-refractivity contribution >= 4 is 23.4 Å². The molecule has 0 saturated heterocycles. The second-order valence-electron chi connectivity index (χ2n) is 3.81. The van der Waals surface area contributed by atoms with Crippen LogP contribution in [0.5, 0.6) is 5.75 Å². The number of benzene rings is 2. The predicted octanol–water partition coefficient (Wildman–Crippen LogP) is 2.62. The summed E-state index contributed by atoms with van der Waals surface area (Å²) in [5, 5.41) is 12.2. The third kappa shape index (κ3) is 3.11. The second kappa shape index (κ2) is 5.54. The molecule has 2 N–H and O–H groups in total. The number of phenolic OH excluding ortho intramolecular Hbond substituents is 1. The number of phenols is 1. The first kappa shape index (κ1) is 13.1. The fourth-order valence-electron chi connectivity index (χ4n) is 1.51. The molecule has 0 radical (unpaired) electrons. The Morgan fingerprint density at radius 1 is 0.947 bits per heavy atom. The Hall–Kier alpha value is -2.33. The molecule has 0 aromatic heterocycles. The molecule has 0 spiro atoms. The van der Waals surface area contributed by atoms with Crippen LogP contribution in [0.1, 0.15) is 20.7 Å². The van der Waals surface area contributed by atoms with Crippen molar-refractivity contribution in [3.63, 3.8) is 0 Å². The van der Waals surface area contributed by atoms with Crippen LogP contribution < -0.4 is 5.32 Å². The van der Waals surface area contributed by atoms with Gasteiger partial charge in [-0.15, -0.1) is 0 Å². The van der Waals surface area contributed by atoms with Gasteiger partial charge >= 0.3 is 0 Å². The molecule has 2 amide bonds. The van der Waals surface area contributed by atoms with Gasteiger partial charge in [-0.3, -0.25) is 14.9 Å². The van der Waals surface area contributed by atoms with E-state index in [9.17, 15) is 14.7 Å². The Balaban J connectivity index is 2.13. The first-order valence-electron chi connectivity index (χ1n) is 5.47. The molecule has 5 heteroatoms. The van der Waals surface area contributed by atoms with E-state index in [-0.39, 0.29) is 11.3 Å². The molecule has 2 aromatic rings. The zero-order valence-electron chi connectivity index (χ0n) is 9.76. The second-order valence-corrected chi connectivity index (χ2v) is 4.24. The molecule has 0 aliphatic carbocycles. The molecule has 0 aliphatic heterocycles. The van der Waals surface area contributed by atoms with Crippen LogP contribution in [-0.2, 0) is 0 Å². The van der Waals surface area contributed by atoms with Crippen molar-refractivity contribution < 1.29 is 14.7 Å². The number of hydrogen-bond donors (Lipinski definition) is 2. The maximum atomic E-state index is 11.8. The number of aromatic hydroxyl groups is 1. The summed E-state index contributed by atoms with van der Waals surface area (Å²) >= 11 is 5.71. The van der Waals surface area contributed by atoms with Crippen LogP contribution >= 0.6 is 11.6 Å². The van der Waals surface area contributed by atoms with E-state index in [0.717, 1.165) is 0 Å². The van der Waals surface area contributed by atoms with Crippen LogP contribution in [0.15, 0.2) is 48.5 Å². The Kier molecular flexibility index (Phi) is 3.82. The molecule has 2 rings (SSSR count). The summed E-state index contributed by atoms with van der Waals surface area (Å²) in [6, 6.07) is 12.1. The van der Waals surface area contributed by atoms with E-state index in [2.05, 4.69) is 5.32 Å². The van der Waals surface area contributed by atoms with Crippen LogP contribution in [0.2, 0.25) is 5.02 Å². The van der Waals surface area contributed by atoms with Crippen molar-refractivity contribution in [2.45, 2.75) is 0 Å². The third-order valence-electron chi connectivity index (χ3n) is 2.48. The third-order valence-corrected chi connectivity index (χ3v) is 2.73. The average Bonchev–Trinajstić information content (AvgIpc) is 2.39. The highest BCUT2D eigenvalue weighted by molar-refractivity contribution is 6.30. The number of carbonyl (C=O) groups is 2. The Morgan fingerprint density at radius 3 is 2.21 bits per heavy atom. The lowest BCUT2D eigenvalue weighted by molar-refractivity contribution is 0.0848. The highest BCUT2D eigenvalue weighted by atomic mass is 35.5. The van der Waals surface area contributed by atoms with E-state index in [4.69, 9.17) is 11.6 Å². The van der Waals surface area contributed by atoms with Crippen molar-refractivity contribution in [2.24, 2.45) is 0 Å². The van der Waals surface area contributed by atoms with Crippen molar-refractivity contribution in [1.82, 2.24) is 5.32 Å². The summed E-state index contributed by atoms with van der Waals surface area (Å²) in [7, 11) is 0. The maximum absolute atomic E-state index is 11.8. The number of amides is 2. The zero-order chi connectivity index (χ0) is 13.8. The van der Waals surface area contributed by atoms with Crippen LogP contribution in [0, 0.1) is 0 Å². The minimum atomic E-state index is -0.655. The normalized spacial score (nSPS) is 9.95. The number of halogens is 1. The van der Waals surface area contributed by atoms with Gasteiger partial charge in [0.2, 0.25) is 0 Å². The first-order chi connectivity index (χ1) is 9.08. The van der Waals surface area contributed by atoms with E-state index in [1.807, 2.05) is 0 Å². The molecule has 0 heterocycles. The van der Waals surface area contributed by atoms with Crippen molar-refractivity contribution in [2.75, 3.05) is 0 Å². The summed E-state index contributed by atoms with van der Waals surface area (Å²) in [5.74, 6) is -1.38. The smallest absolute Gasteiger partial charge is 0.261 e. The topological polar surface area (TPSA) is 66.4 Å². The van der Waals surface area contributed by atoms with Gasteiger partial charge in [0, 0.05) is 10.6 Å². The van der Waals surface area contributed by atoms with Gasteiger partial charge in [-0.2, -0.15) is 0 Å². The predicted molar refractivity (Wildman–Crippen MR) is 71.4 cm³/mol. The molecule has 0 bridgehead atoms. The van der Waals surface area contributed by atoms with Gasteiger partial charge in [0.25, 0.3) is 11.8 Å². The van der Waals surface area contributed by atoms with Gasteiger partial charge in [-0.1, -0.05) is 23.7 Å². The van der Waals surface area contributed by atoms with Gasteiger partial charge in [0.05, 0.1) is 5.56 Å². The molecular formula is C14H10ClNO3. The Labute approximate surface area is 114 Å². The van der Waals surface area contributed by atoms with Gasteiger partial charge in [0.15, 0.2) is 0 Å². The minimum Gasteiger partial charge on any atom is -0.507 e. The monoisotopic (exact) mass is 275 g/mol. The first-order valence-corrected chi connectivity index (χ1v) is 5.85. The Morgan fingerprint density at radius 2 is 1.58 bits per heavy atom. The van der Waals surface area contributed by atoms with Crippen LogP contribution in [0.4, 0.5) is 0 Å². The van der Waals surface area contributed by atoms with Gasteiger partial charge in [-0.05, 0) is 36.4 Å². The number of para-hydroxylation sites is 1. The quantitative estimate of drug-likeness (QED) is 0.828. The Bertz CT molecular complexity index is 623. The molecule has 19 heavy (non-hydrogen) atoms. The van der Waals surface area contributed by atoms with E-state index in [1.165, 1.54) is 24.3 Å². The van der Waals surface area contributed by atoms with Crippen LogP contribution in [0.3, 0.4) is 0 Å². The maximum Gasteiger partial charge on any atom is 0.261 e. The fourth-order valence-corrected chi connectivity index (χ4v) is 1.64. The molecule has 96 valence electrons. The molecular weight excluding hydrogens is 266 g/mol. The molecule has 0 unspecified atom stereocenters. The number of nitrogens with one attached hydrogen (secondary N) is 1. The molecule has 0 fully saturated rings. The lowest BCUT2D eigenvalue weighted by Gasteiger charge is -2.05. The van der Waals surface area contributed by atoms with Gasteiger partial charge in [-0.25, -0.2) is 0 Å². The van der Waals surface area contributed by atoms with Crippen molar-refractivity contribution in [3.05, 3.63) is 64.7 Å². The standard InChI is InChI=1S/C14H10ClNO3/c15-10-7-5-9(6-8-10)13(18)16-14(19)11-3-1-2-4-12(11)17/h1-8,17H,(H,16,18,19). The van der Waals surface area contributed by atoms with E-state index < -0.39 is 11.8 Å². The lowest BCUT2D eigenvalue weighted by Crippen LogP contribution is -2.30. The van der Waals surface area contributed by atoms with E-state index in [1.54, 1.807) is 24.3 Å². The van der Waals surface area contributed by atoms with Gasteiger partial charge < -0.3 is 5.11 Å². The number of hydrogen-bond acceptors (Lipinski definition) is 3. The zero-order valence-corrected chi connectivity index (χ0v) is 10.5. The van der Waals surface area contributed by atoms with E-state index in [0.29, 0.717) is 10.6 Å². The molecule has 0 aliphatic rings. The highest BCUT2D eigenvalue weighted by Crippen LogP contribution is 2.15. The summed E-state index contributed by atoms with van der Waals surface area (Å²) in [5.41, 5.74) is 0.359. The minimum absolute atomic E-state index is 0.0461. The average molecular weight is 276 g/mol. The van der Waals surface area contributed by atoms with Crippen molar-refractivity contribution in [3.8, 4) is 5.75 Å². The molecule has 0 atom stereocenters. The van der Waals surface area contributed by atoms with Crippen LogP contribution in [0.25, 0.3) is 0 Å². The summed E-state index contributed by atoms with van der Waals surface area (Å²) in [6.07, 6.45) is 0. The van der Waals surface area contributed by atoms with Crippen molar-refractivity contribution in [1.29, 1.82) is 0 Å². The molecule has 0 saturated carbocycles. The molecule has 4 nitrogen and oxygen atoms in total. The number of carbonyl (C=O) groups excluding carboxylic acids is 2. The number of imide groups is 1. The lowest BCUT2D eigenvalue weighted by atomic mass is 10.1. The summed E-state index contributed by atoms with van der Waals surface area (Å²) in [4.78, 5) is 23.6. The summed E-state index contributed by atoms with van der Waals surface area (Å²) in [6.45, 7) is 0.